The first kappa shape index (κ1) is 19.9. The highest BCUT2D eigenvalue weighted by atomic mass is 19.1. The summed E-state index contributed by atoms with van der Waals surface area (Å²) >= 11 is 0. The van der Waals surface area contributed by atoms with Crippen LogP contribution in [0.15, 0.2) is 30.5 Å². The second-order valence-electron chi connectivity index (χ2n) is 6.12. The van der Waals surface area contributed by atoms with Crippen LogP contribution in [-0.2, 0) is 16.1 Å². The number of amides is 1. The van der Waals surface area contributed by atoms with Gasteiger partial charge < -0.3 is 14.8 Å². The molecule has 1 aromatic carbocycles. The van der Waals surface area contributed by atoms with Crippen molar-refractivity contribution in [2.75, 3.05) is 7.11 Å². The lowest BCUT2D eigenvalue weighted by Gasteiger charge is -2.09. The lowest BCUT2D eigenvalue weighted by atomic mass is 10.1. The van der Waals surface area contributed by atoms with E-state index in [2.05, 4.69) is 20.1 Å². The third-order valence-corrected chi connectivity index (χ3v) is 4.00. The summed E-state index contributed by atoms with van der Waals surface area (Å²) < 4.78 is 24.2. The second kappa shape index (κ2) is 8.05. The maximum absolute atomic E-state index is 13.4. The highest BCUT2D eigenvalue weighted by molar-refractivity contribution is 5.97. The molecule has 0 saturated carbocycles. The lowest BCUT2D eigenvalue weighted by Crippen LogP contribution is -2.26. The fraction of sp³-hybridized carbons (Fsp3) is 0.211. The van der Waals surface area contributed by atoms with Crippen LogP contribution in [0, 0.1) is 12.7 Å². The number of hydrogen-bond donors (Lipinski definition) is 1. The third kappa shape index (κ3) is 4.21. The smallest absolute Gasteiger partial charge is 0.356 e. The molecule has 2 heterocycles. The van der Waals surface area contributed by atoms with Gasteiger partial charge in [0, 0.05) is 19.5 Å². The van der Waals surface area contributed by atoms with Crippen LogP contribution in [0.5, 0.6) is 5.75 Å². The van der Waals surface area contributed by atoms with E-state index in [1.165, 1.54) is 32.4 Å². The van der Waals surface area contributed by atoms with Crippen molar-refractivity contribution in [2.45, 2.75) is 20.4 Å². The summed E-state index contributed by atoms with van der Waals surface area (Å²) in [5, 5.41) is 6.69. The van der Waals surface area contributed by atoms with Crippen molar-refractivity contribution in [2.24, 2.45) is 0 Å². The summed E-state index contributed by atoms with van der Waals surface area (Å²) in [5.74, 6) is -2.30. The Kier molecular flexibility index (Phi) is 5.53. The minimum Gasteiger partial charge on any atom is -0.464 e. The van der Waals surface area contributed by atoms with Gasteiger partial charge >= 0.3 is 11.9 Å². The predicted octanol–water partition coefficient (Wildman–Crippen LogP) is 1.82. The first-order chi connectivity index (χ1) is 13.8. The lowest BCUT2D eigenvalue weighted by molar-refractivity contribution is -0.131. The number of ether oxygens (including phenoxy) is 2. The Hall–Kier alpha value is -3.82. The number of esters is 2. The number of carbonyl (C=O) groups excluding carboxylic acids is 3. The molecule has 0 fully saturated rings. The molecule has 0 radical (unpaired) electrons. The third-order valence-electron chi connectivity index (χ3n) is 4.00. The number of aryl methyl sites for hydroxylation is 1. The fourth-order valence-corrected chi connectivity index (χ4v) is 2.63. The van der Waals surface area contributed by atoms with Crippen molar-refractivity contribution in [3.05, 3.63) is 58.8 Å². The average Bonchev–Trinajstić information content (AvgIpc) is 3.09. The van der Waals surface area contributed by atoms with E-state index in [-0.39, 0.29) is 35.1 Å². The number of methoxy groups -OCH3 is 1. The number of halogens is 1. The number of fused-ring (bicyclic) bond motifs is 1. The van der Waals surface area contributed by atoms with Crippen LogP contribution >= 0.6 is 0 Å². The topological polar surface area (TPSA) is 112 Å². The maximum atomic E-state index is 13.4. The molecule has 0 aliphatic rings. The van der Waals surface area contributed by atoms with E-state index < -0.39 is 17.8 Å². The molecule has 3 rings (SSSR count). The number of benzene rings is 1. The Morgan fingerprint density at radius 2 is 2.00 bits per heavy atom. The number of nitrogens with zero attached hydrogens (tertiary/aromatic N) is 3. The maximum Gasteiger partial charge on any atom is 0.356 e. The van der Waals surface area contributed by atoms with Crippen LogP contribution in [0.25, 0.3) is 5.65 Å². The Morgan fingerprint density at radius 1 is 1.24 bits per heavy atom. The minimum atomic E-state index is -0.773. The van der Waals surface area contributed by atoms with Crippen molar-refractivity contribution in [1.82, 2.24) is 19.9 Å². The summed E-state index contributed by atoms with van der Waals surface area (Å²) in [7, 11) is 1.17. The first-order valence-electron chi connectivity index (χ1n) is 8.49. The second-order valence-corrected chi connectivity index (χ2v) is 6.12. The molecule has 2 aromatic heterocycles. The number of hydrogen-bond acceptors (Lipinski definition) is 7. The molecule has 10 heteroatoms. The van der Waals surface area contributed by atoms with Gasteiger partial charge in [0.05, 0.1) is 13.3 Å². The monoisotopic (exact) mass is 400 g/mol. The van der Waals surface area contributed by atoms with Crippen molar-refractivity contribution < 1.29 is 28.2 Å². The SMILES string of the molecule is COC(=O)c1cc(C(=O)NCc2ccc(F)c(C)c2)n2ncc(OC(C)=O)c2n1. The van der Waals surface area contributed by atoms with Gasteiger partial charge in [0.25, 0.3) is 5.91 Å². The number of nitrogens with one attached hydrogen (secondary N) is 1. The Bertz CT molecular complexity index is 1130. The van der Waals surface area contributed by atoms with Gasteiger partial charge in [0.15, 0.2) is 17.1 Å². The summed E-state index contributed by atoms with van der Waals surface area (Å²) in [5.41, 5.74) is 0.973. The molecule has 0 spiro atoms. The molecule has 29 heavy (non-hydrogen) atoms. The van der Waals surface area contributed by atoms with Crippen LogP contribution in [-0.4, -0.2) is 39.6 Å². The van der Waals surface area contributed by atoms with Crippen LogP contribution in [0.2, 0.25) is 0 Å². The van der Waals surface area contributed by atoms with Crippen LogP contribution < -0.4 is 10.1 Å². The zero-order valence-corrected chi connectivity index (χ0v) is 15.9. The normalized spacial score (nSPS) is 10.6. The van der Waals surface area contributed by atoms with E-state index in [1.54, 1.807) is 19.1 Å². The molecule has 0 saturated heterocycles. The zero-order valence-electron chi connectivity index (χ0n) is 15.9. The standard InChI is InChI=1S/C19H17FN4O5/c1-10-6-12(4-5-13(10)20)8-21-18(26)15-7-14(19(27)28-3)23-17-16(29-11(2)25)9-22-24(15)17/h4-7,9H,8H2,1-3H3,(H,21,26). The predicted molar refractivity (Wildman–Crippen MR) is 97.9 cm³/mol. The Labute approximate surface area is 164 Å². The van der Waals surface area contributed by atoms with Gasteiger partial charge in [0.1, 0.15) is 11.5 Å². The molecule has 150 valence electrons. The van der Waals surface area contributed by atoms with Crippen molar-refractivity contribution in [3.63, 3.8) is 0 Å². The average molecular weight is 400 g/mol. The van der Waals surface area contributed by atoms with E-state index in [0.29, 0.717) is 11.1 Å². The van der Waals surface area contributed by atoms with E-state index in [0.717, 1.165) is 4.52 Å². The van der Waals surface area contributed by atoms with Gasteiger partial charge in [-0.05, 0) is 24.1 Å². The minimum absolute atomic E-state index is 0.00544. The first-order valence-corrected chi connectivity index (χ1v) is 8.49. The molecule has 3 aromatic rings. The van der Waals surface area contributed by atoms with Crippen LogP contribution in [0.1, 0.15) is 39.0 Å². The molecule has 1 N–H and O–H groups in total. The van der Waals surface area contributed by atoms with Crippen molar-refractivity contribution >= 4 is 23.5 Å². The molecule has 9 nitrogen and oxygen atoms in total. The van der Waals surface area contributed by atoms with Gasteiger partial charge in [-0.3, -0.25) is 9.59 Å². The molecule has 0 unspecified atom stereocenters. The number of carbonyl (C=O) groups is 3. The zero-order chi connectivity index (χ0) is 21.1. The summed E-state index contributed by atoms with van der Waals surface area (Å²) in [6.07, 6.45) is 1.21. The van der Waals surface area contributed by atoms with Gasteiger partial charge in [0.2, 0.25) is 0 Å². The fourth-order valence-electron chi connectivity index (χ4n) is 2.63. The van der Waals surface area contributed by atoms with Gasteiger partial charge in [-0.2, -0.15) is 5.10 Å². The molecule has 1 amide bonds. The largest absolute Gasteiger partial charge is 0.464 e. The molecular formula is C19H17FN4O5. The number of aromatic nitrogens is 3. The summed E-state index contributed by atoms with van der Waals surface area (Å²) in [6.45, 7) is 2.94. The van der Waals surface area contributed by atoms with E-state index in [1.807, 2.05) is 0 Å². The summed E-state index contributed by atoms with van der Waals surface area (Å²) in [6, 6.07) is 5.70. The highest BCUT2D eigenvalue weighted by Crippen LogP contribution is 2.20. The molecule has 0 aliphatic carbocycles. The molecule has 0 aliphatic heterocycles. The van der Waals surface area contributed by atoms with Crippen LogP contribution in [0.3, 0.4) is 0 Å². The van der Waals surface area contributed by atoms with Gasteiger partial charge in [-0.15, -0.1) is 0 Å². The Balaban J connectivity index is 1.96. The molecule has 0 atom stereocenters. The Morgan fingerprint density at radius 3 is 2.66 bits per heavy atom. The summed E-state index contributed by atoms with van der Waals surface area (Å²) in [4.78, 5) is 40.0. The number of rotatable bonds is 5. The molecule has 0 bridgehead atoms. The van der Waals surface area contributed by atoms with Crippen molar-refractivity contribution in [3.8, 4) is 5.75 Å². The van der Waals surface area contributed by atoms with Gasteiger partial charge in [-0.1, -0.05) is 12.1 Å². The van der Waals surface area contributed by atoms with E-state index in [4.69, 9.17) is 4.74 Å². The highest BCUT2D eigenvalue weighted by Gasteiger charge is 2.21. The molecular weight excluding hydrogens is 383 g/mol. The van der Waals surface area contributed by atoms with Gasteiger partial charge in [-0.25, -0.2) is 18.7 Å². The quantitative estimate of drug-likeness (QED) is 0.650. The van der Waals surface area contributed by atoms with Crippen LogP contribution in [0.4, 0.5) is 4.39 Å². The van der Waals surface area contributed by atoms with E-state index in [9.17, 15) is 18.8 Å². The van der Waals surface area contributed by atoms with E-state index >= 15 is 0 Å². The van der Waals surface area contributed by atoms with Crippen molar-refractivity contribution in [1.29, 1.82) is 0 Å².